The maximum atomic E-state index is 11.2. The Hall–Kier alpha value is -0.910. The average molecular weight is 189 g/mol. The fourth-order valence-electron chi connectivity index (χ4n) is 1.07. The molecule has 0 aliphatic rings. The van der Waals surface area contributed by atoms with Crippen LogP contribution in [-0.4, -0.2) is 29.9 Å². The van der Waals surface area contributed by atoms with Crippen molar-refractivity contribution < 1.29 is 8.42 Å². The second kappa shape index (κ2) is 3.22. The summed E-state index contributed by atoms with van der Waals surface area (Å²) in [6, 6.07) is 0. The highest BCUT2D eigenvalue weighted by Gasteiger charge is 2.22. The number of nitrogens with one attached hydrogen (secondary N) is 1. The number of H-pyrrole nitrogens is 1. The fourth-order valence-corrected chi connectivity index (χ4v) is 2.19. The summed E-state index contributed by atoms with van der Waals surface area (Å²) in [5.41, 5.74) is 0. The molecule has 68 valence electrons. The van der Waals surface area contributed by atoms with E-state index in [9.17, 15) is 8.42 Å². The highest BCUT2D eigenvalue weighted by molar-refractivity contribution is 7.90. The van der Waals surface area contributed by atoms with Gasteiger partial charge in [0, 0.05) is 6.26 Å². The van der Waals surface area contributed by atoms with Crippen molar-refractivity contribution in [1.82, 2.24) is 15.2 Å². The van der Waals surface area contributed by atoms with E-state index in [2.05, 4.69) is 15.2 Å². The van der Waals surface area contributed by atoms with E-state index >= 15 is 0 Å². The zero-order valence-corrected chi connectivity index (χ0v) is 7.80. The molecule has 0 saturated heterocycles. The molecular formula is C6H11N3O2S. The largest absolute Gasteiger partial charge is 0.262 e. The van der Waals surface area contributed by atoms with Gasteiger partial charge in [-0.2, -0.15) is 5.10 Å². The average Bonchev–Trinajstić information content (AvgIpc) is 2.38. The number of rotatable bonds is 3. The minimum atomic E-state index is -3.07. The number of hydrogen-bond donors (Lipinski definition) is 1. The first-order valence-corrected chi connectivity index (χ1v) is 5.55. The summed E-state index contributed by atoms with van der Waals surface area (Å²) in [5.74, 6) is 0.417. The smallest absolute Gasteiger partial charge is 0.157 e. The van der Waals surface area contributed by atoms with Gasteiger partial charge in [0.15, 0.2) is 9.84 Å². The zero-order chi connectivity index (χ0) is 9.19. The molecule has 1 aromatic heterocycles. The molecule has 5 nitrogen and oxygen atoms in total. The van der Waals surface area contributed by atoms with Crippen LogP contribution in [0, 0.1) is 0 Å². The Morgan fingerprint density at radius 2 is 2.33 bits per heavy atom. The van der Waals surface area contributed by atoms with E-state index in [0.29, 0.717) is 12.2 Å². The van der Waals surface area contributed by atoms with Crippen molar-refractivity contribution in [3.8, 4) is 0 Å². The molecule has 0 aromatic carbocycles. The van der Waals surface area contributed by atoms with Gasteiger partial charge in [0.05, 0.1) is 0 Å². The highest BCUT2D eigenvalue weighted by atomic mass is 32.2. The molecule has 0 amide bonds. The Labute approximate surface area is 71.1 Å². The van der Waals surface area contributed by atoms with Crippen LogP contribution in [0.1, 0.15) is 24.4 Å². The van der Waals surface area contributed by atoms with Crippen molar-refractivity contribution in [2.45, 2.75) is 18.6 Å². The Morgan fingerprint density at radius 3 is 2.67 bits per heavy atom. The summed E-state index contributed by atoms with van der Waals surface area (Å²) < 4.78 is 22.3. The van der Waals surface area contributed by atoms with Gasteiger partial charge < -0.3 is 0 Å². The van der Waals surface area contributed by atoms with Gasteiger partial charge in [-0.05, 0) is 6.42 Å². The van der Waals surface area contributed by atoms with Crippen LogP contribution < -0.4 is 0 Å². The van der Waals surface area contributed by atoms with Gasteiger partial charge in [-0.1, -0.05) is 6.92 Å². The van der Waals surface area contributed by atoms with Gasteiger partial charge in [-0.3, -0.25) is 5.10 Å². The second-order valence-corrected chi connectivity index (χ2v) is 4.83. The van der Waals surface area contributed by atoms with Crippen molar-refractivity contribution in [1.29, 1.82) is 0 Å². The van der Waals surface area contributed by atoms with Crippen LogP contribution >= 0.6 is 0 Å². The molecule has 1 heterocycles. The predicted octanol–water partition coefficient (Wildman–Crippen LogP) is 0.300. The van der Waals surface area contributed by atoms with Crippen LogP contribution in [0.3, 0.4) is 0 Å². The van der Waals surface area contributed by atoms with E-state index < -0.39 is 15.1 Å². The van der Waals surface area contributed by atoms with Gasteiger partial charge in [-0.15, -0.1) is 0 Å². The first-order valence-electron chi connectivity index (χ1n) is 3.59. The van der Waals surface area contributed by atoms with E-state index in [1.807, 2.05) is 0 Å². The van der Waals surface area contributed by atoms with Crippen molar-refractivity contribution in [2.75, 3.05) is 6.26 Å². The Bertz CT molecular complexity index is 330. The summed E-state index contributed by atoms with van der Waals surface area (Å²) >= 11 is 0. The van der Waals surface area contributed by atoms with E-state index in [1.54, 1.807) is 6.92 Å². The van der Waals surface area contributed by atoms with Gasteiger partial charge in [0.2, 0.25) is 0 Å². The molecule has 1 atom stereocenters. The van der Waals surface area contributed by atoms with Crippen molar-refractivity contribution >= 4 is 9.84 Å². The van der Waals surface area contributed by atoms with Crippen molar-refractivity contribution in [3.05, 3.63) is 12.2 Å². The van der Waals surface area contributed by atoms with Gasteiger partial charge in [0.1, 0.15) is 17.4 Å². The van der Waals surface area contributed by atoms with Crippen molar-refractivity contribution in [2.24, 2.45) is 0 Å². The molecule has 1 rings (SSSR count). The molecule has 6 heteroatoms. The molecule has 1 unspecified atom stereocenters. The second-order valence-electron chi connectivity index (χ2n) is 2.60. The minimum absolute atomic E-state index is 0.417. The highest BCUT2D eigenvalue weighted by Crippen LogP contribution is 2.20. The lowest BCUT2D eigenvalue weighted by Gasteiger charge is -2.07. The number of nitrogens with zero attached hydrogens (tertiary/aromatic N) is 2. The standard InChI is InChI=1S/C6H11N3O2S/c1-3-5(12(2,10)11)6-7-4-8-9-6/h4-5H,3H2,1-2H3,(H,7,8,9). The first-order chi connectivity index (χ1) is 5.55. The maximum Gasteiger partial charge on any atom is 0.157 e. The Kier molecular flexibility index (Phi) is 2.46. The Balaban J connectivity index is 3.00. The van der Waals surface area contributed by atoms with E-state index in [-0.39, 0.29) is 0 Å². The molecular weight excluding hydrogens is 178 g/mol. The number of sulfone groups is 1. The lowest BCUT2D eigenvalue weighted by molar-refractivity contribution is 0.581. The lowest BCUT2D eigenvalue weighted by Crippen LogP contribution is -2.12. The van der Waals surface area contributed by atoms with Crippen molar-refractivity contribution in [3.63, 3.8) is 0 Å². The molecule has 0 bridgehead atoms. The Morgan fingerprint density at radius 1 is 1.67 bits per heavy atom. The van der Waals surface area contributed by atoms with Crippen LogP contribution in [0.25, 0.3) is 0 Å². The van der Waals surface area contributed by atoms with Crippen LogP contribution in [0.15, 0.2) is 6.33 Å². The summed E-state index contributed by atoms with van der Waals surface area (Å²) in [5, 5.41) is 5.60. The molecule has 0 fully saturated rings. The number of hydrogen-bond acceptors (Lipinski definition) is 4. The number of aromatic amines is 1. The summed E-state index contributed by atoms with van der Waals surface area (Å²) in [6.45, 7) is 1.80. The first kappa shape index (κ1) is 9.18. The van der Waals surface area contributed by atoms with Gasteiger partial charge in [0.25, 0.3) is 0 Å². The summed E-state index contributed by atoms with van der Waals surface area (Å²) in [4.78, 5) is 3.81. The third-order valence-electron chi connectivity index (χ3n) is 1.63. The molecule has 1 N–H and O–H groups in total. The summed E-state index contributed by atoms with van der Waals surface area (Å²) in [7, 11) is -3.07. The third kappa shape index (κ3) is 1.82. The van der Waals surface area contributed by atoms with E-state index in [0.717, 1.165) is 0 Å². The van der Waals surface area contributed by atoms with Crippen LogP contribution in [0.2, 0.25) is 0 Å². The van der Waals surface area contributed by atoms with Gasteiger partial charge >= 0.3 is 0 Å². The van der Waals surface area contributed by atoms with Crippen LogP contribution in [-0.2, 0) is 9.84 Å². The third-order valence-corrected chi connectivity index (χ3v) is 3.22. The topological polar surface area (TPSA) is 75.7 Å². The molecule has 0 saturated carbocycles. The zero-order valence-electron chi connectivity index (χ0n) is 6.98. The molecule has 0 aliphatic carbocycles. The lowest BCUT2D eigenvalue weighted by atomic mass is 10.3. The van der Waals surface area contributed by atoms with E-state index in [1.165, 1.54) is 12.6 Å². The van der Waals surface area contributed by atoms with E-state index in [4.69, 9.17) is 0 Å². The monoisotopic (exact) mass is 189 g/mol. The minimum Gasteiger partial charge on any atom is -0.262 e. The quantitative estimate of drug-likeness (QED) is 0.742. The molecule has 0 radical (unpaired) electrons. The summed E-state index contributed by atoms with van der Waals surface area (Å²) in [6.07, 6.45) is 3.01. The van der Waals surface area contributed by atoms with Crippen LogP contribution in [0.5, 0.6) is 0 Å². The molecule has 0 spiro atoms. The van der Waals surface area contributed by atoms with Gasteiger partial charge in [-0.25, -0.2) is 13.4 Å². The molecule has 1 aromatic rings. The SMILES string of the molecule is CCC(c1ncn[nH]1)S(C)(=O)=O. The molecule has 0 aliphatic heterocycles. The van der Waals surface area contributed by atoms with Crippen LogP contribution in [0.4, 0.5) is 0 Å². The normalized spacial score (nSPS) is 14.5. The predicted molar refractivity (Wildman–Crippen MR) is 44.3 cm³/mol. The maximum absolute atomic E-state index is 11.2. The fraction of sp³-hybridized carbons (Fsp3) is 0.667. The number of aromatic nitrogens is 3. The molecule has 12 heavy (non-hydrogen) atoms.